The number of nitrogen functional groups attached to an aromatic ring is 1. The van der Waals surface area contributed by atoms with E-state index >= 15 is 0 Å². The number of amides is 1. The molecule has 1 unspecified atom stereocenters. The number of thioether (sulfide) groups is 1. The third-order valence-corrected chi connectivity index (χ3v) is 4.08. The predicted molar refractivity (Wildman–Crippen MR) is 74.6 cm³/mol. The Bertz CT molecular complexity index is 410. The summed E-state index contributed by atoms with van der Waals surface area (Å²) in [5.74, 6) is 7.96. The summed E-state index contributed by atoms with van der Waals surface area (Å²) in [7, 11) is 0. The van der Waals surface area contributed by atoms with E-state index in [9.17, 15) is 4.79 Å². The first-order valence-corrected chi connectivity index (χ1v) is 7.24. The number of carbonyl (C=O) groups excluding carboxylic acids is 1. The molecule has 0 aromatic carbocycles. The van der Waals surface area contributed by atoms with E-state index in [1.807, 2.05) is 24.8 Å². The Morgan fingerprint density at radius 1 is 1.61 bits per heavy atom. The second kappa shape index (κ2) is 6.06. The molecule has 1 aliphatic rings. The number of aromatic nitrogens is 1. The van der Waals surface area contributed by atoms with Crippen LogP contribution in [0.5, 0.6) is 0 Å². The normalized spacial score (nSPS) is 18.7. The highest BCUT2D eigenvalue weighted by atomic mass is 32.2. The van der Waals surface area contributed by atoms with E-state index in [0.717, 1.165) is 30.0 Å². The average Bonchev–Trinajstić information content (AvgIpc) is 2.90. The monoisotopic (exact) mass is 266 g/mol. The largest absolute Gasteiger partial charge is 0.348 e. The van der Waals surface area contributed by atoms with Gasteiger partial charge in [-0.1, -0.05) is 6.92 Å². The number of carbonyl (C=O) groups is 1. The number of hydrazine groups is 1. The van der Waals surface area contributed by atoms with Crippen molar-refractivity contribution in [1.82, 2.24) is 10.3 Å². The first-order chi connectivity index (χ1) is 8.72. The van der Waals surface area contributed by atoms with Crippen LogP contribution in [-0.4, -0.2) is 28.4 Å². The van der Waals surface area contributed by atoms with Gasteiger partial charge in [-0.25, -0.2) is 10.8 Å². The standard InChI is InChI=1S/C12H18N4OS/c1-2-9-5-8(6-11(14-9)16-13)12(17)15-10-3-4-18-7-10/h5-6,10H,2-4,7,13H2,1H3,(H,14,16)(H,15,17). The summed E-state index contributed by atoms with van der Waals surface area (Å²) in [4.78, 5) is 16.4. The molecule has 1 amide bonds. The van der Waals surface area contributed by atoms with Crippen LogP contribution in [0.15, 0.2) is 12.1 Å². The lowest BCUT2D eigenvalue weighted by Crippen LogP contribution is -2.34. The highest BCUT2D eigenvalue weighted by Gasteiger charge is 2.19. The first kappa shape index (κ1) is 13.2. The van der Waals surface area contributed by atoms with E-state index in [2.05, 4.69) is 15.7 Å². The van der Waals surface area contributed by atoms with Crippen molar-refractivity contribution in [2.24, 2.45) is 5.84 Å². The molecule has 5 nitrogen and oxygen atoms in total. The second-order valence-corrected chi connectivity index (χ2v) is 5.41. The Kier molecular flexibility index (Phi) is 4.43. The van der Waals surface area contributed by atoms with Crippen LogP contribution in [0.4, 0.5) is 5.82 Å². The van der Waals surface area contributed by atoms with Crippen LogP contribution in [-0.2, 0) is 6.42 Å². The fourth-order valence-corrected chi connectivity index (χ4v) is 3.04. The molecular formula is C12H18N4OS. The molecule has 0 bridgehead atoms. The molecule has 1 atom stereocenters. The molecule has 1 aromatic rings. The number of anilines is 1. The summed E-state index contributed by atoms with van der Waals surface area (Å²) in [5.41, 5.74) is 3.97. The van der Waals surface area contributed by atoms with Gasteiger partial charge in [0.25, 0.3) is 5.91 Å². The molecule has 6 heteroatoms. The molecule has 0 saturated carbocycles. The zero-order valence-corrected chi connectivity index (χ0v) is 11.2. The number of nitrogens with zero attached hydrogens (tertiary/aromatic N) is 1. The molecule has 1 aromatic heterocycles. The Hall–Kier alpha value is -1.27. The minimum atomic E-state index is -0.0453. The van der Waals surface area contributed by atoms with Gasteiger partial charge in [0, 0.05) is 23.1 Å². The lowest BCUT2D eigenvalue weighted by molar-refractivity contribution is 0.0941. The molecule has 2 heterocycles. The molecule has 2 rings (SSSR count). The molecule has 0 aliphatic carbocycles. The third kappa shape index (κ3) is 3.14. The Morgan fingerprint density at radius 2 is 2.44 bits per heavy atom. The number of nitrogens with one attached hydrogen (secondary N) is 2. The van der Waals surface area contributed by atoms with E-state index in [4.69, 9.17) is 5.84 Å². The molecule has 1 saturated heterocycles. The van der Waals surface area contributed by atoms with Gasteiger partial charge in [0.15, 0.2) is 0 Å². The van der Waals surface area contributed by atoms with Gasteiger partial charge in [-0.2, -0.15) is 11.8 Å². The van der Waals surface area contributed by atoms with Gasteiger partial charge in [0.05, 0.1) is 0 Å². The molecule has 1 aliphatic heterocycles. The van der Waals surface area contributed by atoms with Crippen LogP contribution in [0.1, 0.15) is 29.4 Å². The average molecular weight is 266 g/mol. The number of rotatable bonds is 4. The van der Waals surface area contributed by atoms with Gasteiger partial charge in [0.1, 0.15) is 5.82 Å². The van der Waals surface area contributed by atoms with Crippen molar-refractivity contribution in [3.63, 3.8) is 0 Å². The Balaban J connectivity index is 2.12. The summed E-state index contributed by atoms with van der Waals surface area (Å²) in [6.45, 7) is 2.00. The predicted octanol–water partition coefficient (Wildman–Crippen LogP) is 1.16. The number of aryl methyl sites for hydroxylation is 1. The zero-order chi connectivity index (χ0) is 13.0. The van der Waals surface area contributed by atoms with Crippen molar-refractivity contribution in [2.45, 2.75) is 25.8 Å². The molecule has 98 valence electrons. The second-order valence-electron chi connectivity index (χ2n) is 4.26. The van der Waals surface area contributed by atoms with E-state index in [1.54, 1.807) is 6.07 Å². The van der Waals surface area contributed by atoms with Crippen LogP contribution in [0, 0.1) is 0 Å². The fraction of sp³-hybridized carbons (Fsp3) is 0.500. The van der Waals surface area contributed by atoms with Gasteiger partial charge < -0.3 is 10.7 Å². The Labute approximate surface area is 111 Å². The highest BCUT2D eigenvalue weighted by molar-refractivity contribution is 7.99. The lowest BCUT2D eigenvalue weighted by Gasteiger charge is -2.12. The van der Waals surface area contributed by atoms with Crippen molar-refractivity contribution in [3.05, 3.63) is 23.4 Å². The van der Waals surface area contributed by atoms with Crippen molar-refractivity contribution < 1.29 is 4.79 Å². The molecule has 0 radical (unpaired) electrons. The lowest BCUT2D eigenvalue weighted by atomic mass is 10.1. The van der Waals surface area contributed by atoms with Crippen LogP contribution in [0.3, 0.4) is 0 Å². The van der Waals surface area contributed by atoms with Gasteiger partial charge in [-0.3, -0.25) is 4.79 Å². The first-order valence-electron chi connectivity index (χ1n) is 6.09. The summed E-state index contributed by atoms with van der Waals surface area (Å²) in [5, 5.41) is 3.04. The maximum absolute atomic E-state index is 12.1. The SMILES string of the molecule is CCc1cc(C(=O)NC2CCSC2)cc(NN)n1. The summed E-state index contributed by atoms with van der Waals surface area (Å²) in [6.07, 6.45) is 1.82. The van der Waals surface area contributed by atoms with Crippen LogP contribution in [0.2, 0.25) is 0 Å². The third-order valence-electron chi connectivity index (χ3n) is 2.92. The van der Waals surface area contributed by atoms with Crippen LogP contribution < -0.4 is 16.6 Å². The Morgan fingerprint density at radius 3 is 3.06 bits per heavy atom. The molecular weight excluding hydrogens is 248 g/mol. The molecule has 18 heavy (non-hydrogen) atoms. The zero-order valence-electron chi connectivity index (χ0n) is 10.4. The van der Waals surface area contributed by atoms with Gasteiger partial charge in [-0.15, -0.1) is 0 Å². The van der Waals surface area contributed by atoms with Gasteiger partial charge in [-0.05, 0) is 30.7 Å². The smallest absolute Gasteiger partial charge is 0.251 e. The minimum Gasteiger partial charge on any atom is -0.348 e. The van der Waals surface area contributed by atoms with Crippen molar-refractivity contribution in [1.29, 1.82) is 0 Å². The van der Waals surface area contributed by atoms with Gasteiger partial charge in [0.2, 0.25) is 0 Å². The topological polar surface area (TPSA) is 80.0 Å². The fourth-order valence-electron chi connectivity index (χ4n) is 1.89. The summed E-state index contributed by atoms with van der Waals surface area (Å²) >= 11 is 1.88. The van der Waals surface area contributed by atoms with Gasteiger partial charge >= 0.3 is 0 Å². The number of nitrogens with two attached hydrogens (primary N) is 1. The molecule has 1 fully saturated rings. The van der Waals surface area contributed by atoms with Crippen molar-refractivity contribution >= 4 is 23.5 Å². The maximum atomic E-state index is 12.1. The van der Waals surface area contributed by atoms with E-state index in [1.165, 1.54) is 0 Å². The van der Waals surface area contributed by atoms with Crippen LogP contribution in [0.25, 0.3) is 0 Å². The van der Waals surface area contributed by atoms with Crippen molar-refractivity contribution in [3.8, 4) is 0 Å². The quantitative estimate of drug-likeness (QED) is 0.563. The summed E-state index contributed by atoms with van der Waals surface area (Å²) < 4.78 is 0. The maximum Gasteiger partial charge on any atom is 0.251 e. The number of hydrogen-bond donors (Lipinski definition) is 3. The van der Waals surface area contributed by atoms with Crippen molar-refractivity contribution in [2.75, 3.05) is 16.9 Å². The summed E-state index contributed by atoms with van der Waals surface area (Å²) in [6, 6.07) is 3.78. The minimum absolute atomic E-state index is 0.0453. The molecule has 0 spiro atoms. The number of hydrogen-bond acceptors (Lipinski definition) is 5. The number of pyridine rings is 1. The van der Waals surface area contributed by atoms with E-state index in [0.29, 0.717) is 11.4 Å². The van der Waals surface area contributed by atoms with Crippen LogP contribution >= 0.6 is 11.8 Å². The van der Waals surface area contributed by atoms with E-state index in [-0.39, 0.29) is 11.9 Å². The van der Waals surface area contributed by atoms with E-state index < -0.39 is 0 Å². The highest BCUT2D eigenvalue weighted by Crippen LogP contribution is 2.18. The molecule has 4 N–H and O–H groups in total.